The normalized spacial score (nSPS) is 18.7. The molecule has 0 spiro atoms. The minimum Gasteiger partial charge on any atom is -0.381 e. The molecule has 1 unspecified atom stereocenters. The van der Waals surface area contributed by atoms with Crippen LogP contribution in [0, 0.1) is 12.8 Å². The minimum absolute atomic E-state index is 0.421. The van der Waals surface area contributed by atoms with Gasteiger partial charge in [0.1, 0.15) is 0 Å². The van der Waals surface area contributed by atoms with E-state index in [4.69, 9.17) is 4.74 Å². The van der Waals surface area contributed by atoms with Gasteiger partial charge in [-0.25, -0.2) is 0 Å². The first kappa shape index (κ1) is 14.5. The second-order valence-corrected chi connectivity index (χ2v) is 5.41. The first-order chi connectivity index (χ1) is 9.26. The average molecular weight is 265 g/mol. The maximum Gasteiger partial charge on any atom is 0.0597 e. The minimum atomic E-state index is 0.421. The molecule has 0 bridgehead atoms. The van der Waals surface area contributed by atoms with Crippen LogP contribution in [0.4, 0.5) is 0 Å². The maximum atomic E-state index is 5.50. The summed E-state index contributed by atoms with van der Waals surface area (Å²) in [6.45, 7) is 10.3. The second kappa shape index (κ2) is 7.06. The van der Waals surface area contributed by atoms with Crippen molar-refractivity contribution in [3.05, 3.63) is 17.5 Å². The van der Waals surface area contributed by atoms with Crippen molar-refractivity contribution in [2.45, 2.75) is 52.6 Å². The summed E-state index contributed by atoms with van der Waals surface area (Å²) < 4.78 is 7.65. The molecule has 0 amide bonds. The van der Waals surface area contributed by atoms with Crippen LogP contribution >= 0.6 is 0 Å². The molecule has 2 heterocycles. The van der Waals surface area contributed by atoms with Crippen LogP contribution in [-0.4, -0.2) is 29.5 Å². The molecular formula is C15H27N3O. The fourth-order valence-corrected chi connectivity index (χ4v) is 2.93. The summed E-state index contributed by atoms with van der Waals surface area (Å²) in [5.74, 6) is 0.668. The molecular weight excluding hydrogens is 238 g/mol. The third kappa shape index (κ3) is 3.57. The Hall–Kier alpha value is -0.870. The molecule has 0 aliphatic carbocycles. The molecule has 1 saturated heterocycles. The van der Waals surface area contributed by atoms with E-state index in [1.165, 1.54) is 12.1 Å². The molecule has 1 atom stereocenters. The highest BCUT2D eigenvalue weighted by molar-refractivity contribution is 5.14. The number of nitrogens with zero attached hydrogens (tertiary/aromatic N) is 2. The molecule has 1 aromatic rings. The van der Waals surface area contributed by atoms with Crippen LogP contribution in [0.3, 0.4) is 0 Å². The van der Waals surface area contributed by atoms with E-state index >= 15 is 0 Å². The van der Waals surface area contributed by atoms with Crippen molar-refractivity contribution in [1.82, 2.24) is 15.1 Å². The Morgan fingerprint density at radius 1 is 1.42 bits per heavy atom. The number of rotatable bonds is 6. The van der Waals surface area contributed by atoms with Crippen LogP contribution in [-0.2, 0) is 11.3 Å². The van der Waals surface area contributed by atoms with Gasteiger partial charge in [0.15, 0.2) is 0 Å². The average Bonchev–Trinajstić information content (AvgIpc) is 2.81. The van der Waals surface area contributed by atoms with Gasteiger partial charge in [-0.05, 0) is 51.6 Å². The lowest BCUT2D eigenvalue weighted by Crippen LogP contribution is -2.34. The van der Waals surface area contributed by atoms with Crippen LogP contribution in [0.25, 0.3) is 0 Å². The Morgan fingerprint density at radius 3 is 2.79 bits per heavy atom. The van der Waals surface area contributed by atoms with E-state index in [2.05, 4.69) is 41.9 Å². The lowest BCUT2D eigenvalue weighted by molar-refractivity contribution is 0.0524. The third-order valence-corrected chi connectivity index (χ3v) is 3.90. The van der Waals surface area contributed by atoms with Gasteiger partial charge >= 0.3 is 0 Å². The fourth-order valence-electron chi connectivity index (χ4n) is 2.93. The maximum absolute atomic E-state index is 5.50. The van der Waals surface area contributed by atoms with E-state index in [1.54, 1.807) is 0 Å². The number of ether oxygens (including phenoxy) is 1. The van der Waals surface area contributed by atoms with Crippen molar-refractivity contribution < 1.29 is 4.74 Å². The Balaban J connectivity index is 2.19. The van der Waals surface area contributed by atoms with Crippen molar-refractivity contribution >= 4 is 0 Å². The monoisotopic (exact) mass is 265 g/mol. The smallest absolute Gasteiger partial charge is 0.0597 e. The zero-order valence-electron chi connectivity index (χ0n) is 12.5. The molecule has 0 aromatic carbocycles. The fraction of sp³-hybridized carbons (Fsp3) is 0.800. The first-order valence-corrected chi connectivity index (χ1v) is 7.61. The van der Waals surface area contributed by atoms with Gasteiger partial charge in [-0.1, -0.05) is 6.92 Å². The molecule has 0 radical (unpaired) electrons. The van der Waals surface area contributed by atoms with Gasteiger partial charge in [-0.3, -0.25) is 4.68 Å². The summed E-state index contributed by atoms with van der Waals surface area (Å²) in [4.78, 5) is 0. The lowest BCUT2D eigenvalue weighted by atomic mass is 9.89. The first-order valence-electron chi connectivity index (χ1n) is 7.61. The summed E-state index contributed by atoms with van der Waals surface area (Å²) >= 11 is 0. The van der Waals surface area contributed by atoms with Gasteiger partial charge < -0.3 is 10.1 Å². The summed E-state index contributed by atoms with van der Waals surface area (Å²) in [5, 5.41) is 8.33. The zero-order chi connectivity index (χ0) is 13.7. The van der Waals surface area contributed by atoms with Gasteiger partial charge in [-0.2, -0.15) is 5.10 Å². The zero-order valence-corrected chi connectivity index (χ0v) is 12.5. The largest absolute Gasteiger partial charge is 0.381 e. The van der Waals surface area contributed by atoms with Crippen molar-refractivity contribution in [2.24, 2.45) is 5.92 Å². The second-order valence-electron chi connectivity index (χ2n) is 5.41. The van der Waals surface area contributed by atoms with Crippen LogP contribution in [0.1, 0.15) is 50.5 Å². The van der Waals surface area contributed by atoms with Crippen LogP contribution in [0.5, 0.6) is 0 Å². The molecule has 1 aliphatic rings. The Labute approximate surface area is 116 Å². The molecule has 1 aromatic heterocycles. The Morgan fingerprint density at radius 2 is 2.16 bits per heavy atom. The molecule has 4 nitrogen and oxygen atoms in total. The summed E-state index contributed by atoms with van der Waals surface area (Å²) in [5.41, 5.74) is 2.47. The molecule has 1 N–H and O–H groups in total. The molecule has 0 saturated carbocycles. The summed E-state index contributed by atoms with van der Waals surface area (Å²) in [7, 11) is 0. The predicted molar refractivity (Wildman–Crippen MR) is 77.2 cm³/mol. The topological polar surface area (TPSA) is 39.1 Å². The molecule has 19 heavy (non-hydrogen) atoms. The predicted octanol–water partition coefficient (Wildman–Crippen LogP) is 2.68. The van der Waals surface area contributed by atoms with Crippen LogP contribution in [0.2, 0.25) is 0 Å². The van der Waals surface area contributed by atoms with Gasteiger partial charge in [-0.15, -0.1) is 0 Å². The number of aryl methyl sites for hydroxylation is 2. The number of nitrogens with one attached hydrogen (secondary N) is 1. The van der Waals surface area contributed by atoms with Gasteiger partial charge in [0.05, 0.1) is 17.4 Å². The number of aromatic nitrogens is 2. The third-order valence-electron chi connectivity index (χ3n) is 3.90. The highest BCUT2D eigenvalue weighted by Gasteiger charge is 2.27. The summed E-state index contributed by atoms with van der Waals surface area (Å²) in [6.07, 6.45) is 3.46. The molecule has 1 aliphatic heterocycles. The summed E-state index contributed by atoms with van der Waals surface area (Å²) in [6, 6.07) is 2.66. The van der Waals surface area contributed by atoms with Crippen molar-refractivity contribution in [1.29, 1.82) is 0 Å². The highest BCUT2D eigenvalue weighted by Crippen LogP contribution is 2.30. The van der Waals surface area contributed by atoms with Crippen LogP contribution < -0.4 is 5.32 Å². The standard InChI is InChI=1S/C15H27N3O/c1-4-8-16-15(13-6-9-19-10-7-13)14-11-12(3)17-18(14)5-2/h11,13,15-16H,4-10H2,1-3H3. The van der Waals surface area contributed by atoms with Gasteiger partial charge in [0.25, 0.3) is 0 Å². The van der Waals surface area contributed by atoms with Gasteiger partial charge in [0.2, 0.25) is 0 Å². The van der Waals surface area contributed by atoms with Crippen molar-refractivity contribution in [3.8, 4) is 0 Å². The van der Waals surface area contributed by atoms with E-state index in [0.29, 0.717) is 12.0 Å². The van der Waals surface area contributed by atoms with E-state index < -0.39 is 0 Å². The van der Waals surface area contributed by atoms with E-state index in [9.17, 15) is 0 Å². The number of hydrogen-bond donors (Lipinski definition) is 1. The molecule has 2 rings (SSSR count). The van der Waals surface area contributed by atoms with Crippen molar-refractivity contribution in [3.63, 3.8) is 0 Å². The van der Waals surface area contributed by atoms with Crippen LogP contribution in [0.15, 0.2) is 6.07 Å². The highest BCUT2D eigenvalue weighted by atomic mass is 16.5. The Kier molecular flexibility index (Phi) is 5.40. The lowest BCUT2D eigenvalue weighted by Gasteiger charge is -2.31. The van der Waals surface area contributed by atoms with E-state index in [0.717, 1.165) is 44.8 Å². The quantitative estimate of drug-likeness (QED) is 0.859. The molecule has 4 heteroatoms. The molecule has 1 fully saturated rings. The number of hydrogen-bond acceptors (Lipinski definition) is 3. The van der Waals surface area contributed by atoms with E-state index in [-0.39, 0.29) is 0 Å². The molecule has 108 valence electrons. The SMILES string of the molecule is CCCNC(c1cc(C)nn1CC)C1CCOCC1. The Bertz CT molecular complexity index is 383. The van der Waals surface area contributed by atoms with Crippen molar-refractivity contribution in [2.75, 3.05) is 19.8 Å². The van der Waals surface area contributed by atoms with E-state index in [1.807, 2.05) is 0 Å². The van der Waals surface area contributed by atoms with Gasteiger partial charge in [0, 0.05) is 19.8 Å².